The highest BCUT2D eigenvalue weighted by molar-refractivity contribution is 5.94. The molecule has 6 nitrogen and oxygen atoms in total. The van der Waals surface area contributed by atoms with Gasteiger partial charge in [-0.3, -0.25) is 9.78 Å². The van der Waals surface area contributed by atoms with Crippen LogP contribution in [0.1, 0.15) is 29.0 Å². The second kappa shape index (κ2) is 6.64. The molecule has 0 atom stereocenters. The molecule has 1 fully saturated rings. The Morgan fingerprint density at radius 2 is 1.96 bits per heavy atom. The monoisotopic (exact) mass is 314 g/mol. The van der Waals surface area contributed by atoms with Crippen molar-refractivity contribution in [1.29, 1.82) is 0 Å². The minimum absolute atomic E-state index is 0.00214. The lowest BCUT2D eigenvalue weighted by atomic mass is 10.1. The summed E-state index contributed by atoms with van der Waals surface area (Å²) in [6.07, 6.45) is 4.70. The summed E-state index contributed by atoms with van der Waals surface area (Å²) in [4.78, 5) is 29.4. The molecule has 0 unspecified atom stereocenters. The molecule has 0 aromatic carbocycles. The first-order chi connectivity index (χ1) is 11.1. The number of pyridine rings is 1. The van der Waals surface area contributed by atoms with Crippen LogP contribution in [0.15, 0.2) is 45.9 Å². The number of amides is 1. The van der Waals surface area contributed by atoms with E-state index in [1.165, 1.54) is 6.07 Å². The molecule has 1 amide bonds. The predicted molar refractivity (Wildman–Crippen MR) is 83.5 cm³/mol. The Bertz CT molecular complexity index is 734. The van der Waals surface area contributed by atoms with Gasteiger partial charge in [-0.2, -0.15) is 0 Å². The molecule has 2 aromatic rings. The second-order valence-corrected chi connectivity index (χ2v) is 5.57. The zero-order valence-electron chi connectivity index (χ0n) is 12.9. The summed E-state index contributed by atoms with van der Waals surface area (Å²) in [7, 11) is 0. The molecule has 3 rings (SSSR count). The highest BCUT2D eigenvalue weighted by atomic mass is 16.5. The van der Waals surface area contributed by atoms with E-state index < -0.39 is 5.63 Å². The largest absolute Gasteiger partial charge is 0.490 e. The van der Waals surface area contributed by atoms with Gasteiger partial charge in [0.25, 0.3) is 5.91 Å². The van der Waals surface area contributed by atoms with Gasteiger partial charge in [-0.15, -0.1) is 0 Å². The number of hydrogen-bond acceptors (Lipinski definition) is 5. The number of likely N-dealkylation sites (tertiary alicyclic amines) is 1. The molecule has 1 aliphatic heterocycles. The van der Waals surface area contributed by atoms with Gasteiger partial charge in [0.2, 0.25) is 0 Å². The van der Waals surface area contributed by atoms with Crippen LogP contribution in [-0.2, 0) is 0 Å². The fourth-order valence-corrected chi connectivity index (χ4v) is 2.69. The summed E-state index contributed by atoms with van der Waals surface area (Å²) in [6, 6.07) is 6.49. The minimum Gasteiger partial charge on any atom is -0.490 e. The molecule has 120 valence electrons. The Balaban J connectivity index is 1.58. The first-order valence-electron chi connectivity index (χ1n) is 7.59. The van der Waals surface area contributed by atoms with Crippen LogP contribution >= 0.6 is 0 Å². The first kappa shape index (κ1) is 15.3. The summed E-state index contributed by atoms with van der Waals surface area (Å²) in [5.41, 5.74) is 0.237. The van der Waals surface area contributed by atoms with Gasteiger partial charge >= 0.3 is 5.63 Å². The fourth-order valence-electron chi connectivity index (χ4n) is 2.69. The van der Waals surface area contributed by atoms with Crippen molar-refractivity contribution in [3.63, 3.8) is 0 Å². The molecule has 0 spiro atoms. The predicted octanol–water partition coefficient (Wildman–Crippen LogP) is 2.03. The molecule has 0 radical (unpaired) electrons. The molecule has 1 aliphatic rings. The van der Waals surface area contributed by atoms with Crippen LogP contribution in [0.5, 0.6) is 5.75 Å². The molecular formula is C17H18N2O4. The summed E-state index contributed by atoms with van der Waals surface area (Å²) >= 11 is 0. The number of ether oxygens (including phenoxy) is 1. The highest BCUT2D eigenvalue weighted by Gasteiger charge is 2.24. The van der Waals surface area contributed by atoms with Crippen molar-refractivity contribution in [3.05, 3.63) is 58.4 Å². The van der Waals surface area contributed by atoms with E-state index in [0.29, 0.717) is 30.2 Å². The van der Waals surface area contributed by atoms with Crippen molar-refractivity contribution < 1.29 is 13.9 Å². The molecule has 0 saturated carbocycles. The van der Waals surface area contributed by atoms with Gasteiger partial charge in [0.15, 0.2) is 0 Å². The number of carbonyl (C=O) groups excluding carboxylic acids is 1. The second-order valence-electron chi connectivity index (χ2n) is 5.57. The molecule has 0 bridgehead atoms. The zero-order chi connectivity index (χ0) is 16.2. The molecule has 0 aliphatic carbocycles. The molecule has 1 saturated heterocycles. The summed E-state index contributed by atoms with van der Waals surface area (Å²) in [5, 5.41) is 0. The van der Waals surface area contributed by atoms with E-state index >= 15 is 0 Å². The van der Waals surface area contributed by atoms with E-state index in [0.717, 1.165) is 12.8 Å². The summed E-state index contributed by atoms with van der Waals surface area (Å²) in [6.45, 7) is 2.97. The Kier molecular flexibility index (Phi) is 4.41. The van der Waals surface area contributed by atoms with Crippen molar-refractivity contribution in [2.45, 2.75) is 25.9 Å². The molecule has 6 heteroatoms. The molecule has 23 heavy (non-hydrogen) atoms. The first-order valence-corrected chi connectivity index (χ1v) is 7.59. The highest BCUT2D eigenvalue weighted by Crippen LogP contribution is 2.20. The van der Waals surface area contributed by atoms with Gasteiger partial charge in [0, 0.05) is 50.0 Å². The smallest absolute Gasteiger partial charge is 0.339 e. The van der Waals surface area contributed by atoms with Crippen molar-refractivity contribution in [1.82, 2.24) is 9.88 Å². The van der Waals surface area contributed by atoms with Gasteiger partial charge in [-0.05, 0) is 19.1 Å². The minimum atomic E-state index is -0.412. The van der Waals surface area contributed by atoms with Crippen molar-refractivity contribution >= 4 is 5.91 Å². The van der Waals surface area contributed by atoms with E-state index in [2.05, 4.69) is 4.98 Å². The quantitative estimate of drug-likeness (QED) is 0.866. The number of hydrogen-bond donors (Lipinski definition) is 0. The molecule has 2 aromatic heterocycles. The zero-order valence-corrected chi connectivity index (χ0v) is 12.9. The van der Waals surface area contributed by atoms with E-state index in [4.69, 9.17) is 9.15 Å². The van der Waals surface area contributed by atoms with Gasteiger partial charge in [0.05, 0.1) is 6.07 Å². The topological polar surface area (TPSA) is 72.6 Å². The third-order valence-electron chi connectivity index (χ3n) is 3.83. The SMILES string of the molecule is Cc1cc(OC2CCN(C(=O)c3ccncc3)CC2)cc(=O)o1. The van der Waals surface area contributed by atoms with Gasteiger partial charge < -0.3 is 14.1 Å². The average Bonchev–Trinajstić information content (AvgIpc) is 2.55. The Morgan fingerprint density at radius 1 is 1.26 bits per heavy atom. The van der Waals surface area contributed by atoms with Crippen molar-refractivity contribution in [2.75, 3.05) is 13.1 Å². The van der Waals surface area contributed by atoms with E-state index in [9.17, 15) is 9.59 Å². The molecule has 3 heterocycles. The number of nitrogens with zero attached hydrogens (tertiary/aromatic N) is 2. The maximum atomic E-state index is 12.4. The van der Waals surface area contributed by atoms with Crippen LogP contribution in [0, 0.1) is 6.92 Å². The van der Waals surface area contributed by atoms with Gasteiger partial charge in [0.1, 0.15) is 17.6 Å². The lowest BCUT2D eigenvalue weighted by Gasteiger charge is -2.32. The van der Waals surface area contributed by atoms with Crippen LogP contribution in [0.25, 0.3) is 0 Å². The Labute approximate surface area is 133 Å². The lowest BCUT2D eigenvalue weighted by molar-refractivity contribution is 0.0594. The number of piperidine rings is 1. The average molecular weight is 314 g/mol. The summed E-state index contributed by atoms with van der Waals surface area (Å²) in [5.74, 6) is 1.07. The van der Waals surface area contributed by atoms with Crippen molar-refractivity contribution in [3.8, 4) is 5.75 Å². The van der Waals surface area contributed by atoms with Gasteiger partial charge in [-0.1, -0.05) is 0 Å². The number of aromatic nitrogens is 1. The van der Waals surface area contributed by atoms with E-state index in [1.807, 2.05) is 4.90 Å². The molecular weight excluding hydrogens is 296 g/mol. The number of carbonyl (C=O) groups is 1. The maximum absolute atomic E-state index is 12.4. The van der Waals surface area contributed by atoms with Gasteiger partial charge in [-0.25, -0.2) is 4.79 Å². The van der Waals surface area contributed by atoms with E-state index in [-0.39, 0.29) is 12.0 Å². The molecule has 0 N–H and O–H groups in total. The van der Waals surface area contributed by atoms with Crippen LogP contribution in [0.2, 0.25) is 0 Å². The normalized spacial score (nSPS) is 15.4. The maximum Gasteiger partial charge on any atom is 0.339 e. The van der Waals surface area contributed by atoms with Crippen LogP contribution in [0.4, 0.5) is 0 Å². The lowest BCUT2D eigenvalue weighted by Crippen LogP contribution is -2.41. The third kappa shape index (κ3) is 3.77. The number of rotatable bonds is 3. The van der Waals surface area contributed by atoms with Crippen LogP contribution < -0.4 is 10.4 Å². The van der Waals surface area contributed by atoms with Crippen LogP contribution in [-0.4, -0.2) is 35.0 Å². The van der Waals surface area contributed by atoms with Crippen LogP contribution in [0.3, 0.4) is 0 Å². The summed E-state index contributed by atoms with van der Waals surface area (Å²) < 4.78 is 10.8. The fraction of sp³-hybridized carbons (Fsp3) is 0.353. The third-order valence-corrected chi connectivity index (χ3v) is 3.83. The number of aryl methyl sites for hydroxylation is 1. The van der Waals surface area contributed by atoms with E-state index in [1.54, 1.807) is 37.5 Å². The standard InChI is InChI=1S/C17H18N2O4/c1-12-10-15(11-16(20)22-12)23-14-4-8-19(9-5-14)17(21)13-2-6-18-7-3-13/h2-3,6-7,10-11,14H,4-5,8-9H2,1H3. The Hall–Kier alpha value is -2.63. The van der Waals surface area contributed by atoms with Crippen molar-refractivity contribution in [2.24, 2.45) is 0 Å². The Morgan fingerprint density at radius 3 is 2.61 bits per heavy atom.